The van der Waals surface area contributed by atoms with Gasteiger partial charge in [0.25, 0.3) is 0 Å². The minimum absolute atomic E-state index is 0.143. The van der Waals surface area contributed by atoms with Gasteiger partial charge in [-0.25, -0.2) is 0 Å². The van der Waals surface area contributed by atoms with Crippen LogP contribution in [0.5, 0.6) is 0 Å². The van der Waals surface area contributed by atoms with Crippen molar-refractivity contribution in [2.75, 3.05) is 0 Å². The maximum absolute atomic E-state index is 12.5. The van der Waals surface area contributed by atoms with Crippen LogP contribution in [0.25, 0.3) is 21.3 Å². The molecule has 2 aromatic rings. The Labute approximate surface area is 93.3 Å². The van der Waals surface area contributed by atoms with Crippen LogP contribution < -0.4 is 0 Å². The van der Waals surface area contributed by atoms with Crippen LogP contribution in [0.2, 0.25) is 0 Å². The van der Waals surface area contributed by atoms with Gasteiger partial charge in [-0.05, 0) is 23.7 Å². The van der Waals surface area contributed by atoms with Gasteiger partial charge >= 0.3 is 6.18 Å². The second-order valence-electron chi connectivity index (χ2n) is 3.25. The predicted octanol–water partition coefficient (Wildman–Crippen LogP) is 4.20. The Bertz CT molecular complexity index is 614. The maximum Gasteiger partial charge on any atom is 0.416 e. The molecule has 0 bridgehead atoms. The summed E-state index contributed by atoms with van der Waals surface area (Å²) in [7, 11) is 0. The van der Waals surface area contributed by atoms with Crippen molar-refractivity contribution >= 4 is 16.6 Å². The number of halogens is 3. The molecule has 0 aliphatic carbocycles. The number of pyridine rings is 1. The highest BCUT2D eigenvalue weighted by atomic mass is 19.4. The lowest BCUT2D eigenvalue weighted by Gasteiger charge is -2.07. The van der Waals surface area contributed by atoms with E-state index >= 15 is 0 Å². The van der Waals surface area contributed by atoms with Crippen molar-refractivity contribution in [1.29, 1.82) is 0 Å². The molecule has 0 unspecified atom stereocenters. The number of nitrogens with zero attached hydrogens (tertiary/aromatic N) is 4. The zero-order chi connectivity index (χ0) is 12.5. The number of hydrogen-bond donors (Lipinski definition) is 0. The summed E-state index contributed by atoms with van der Waals surface area (Å²) in [5.41, 5.74) is 7.94. The molecule has 0 atom stereocenters. The third-order valence-electron chi connectivity index (χ3n) is 2.20. The van der Waals surface area contributed by atoms with Crippen LogP contribution in [0, 0.1) is 0 Å². The Morgan fingerprint density at radius 2 is 2.00 bits per heavy atom. The van der Waals surface area contributed by atoms with E-state index in [9.17, 15) is 13.2 Å². The van der Waals surface area contributed by atoms with Gasteiger partial charge in [-0.1, -0.05) is 11.2 Å². The number of hydrogen-bond acceptors (Lipinski definition) is 2. The second-order valence-corrected chi connectivity index (χ2v) is 3.25. The van der Waals surface area contributed by atoms with Gasteiger partial charge in [0.2, 0.25) is 0 Å². The van der Waals surface area contributed by atoms with Gasteiger partial charge in [-0.2, -0.15) is 13.2 Å². The zero-order valence-electron chi connectivity index (χ0n) is 8.31. The molecule has 17 heavy (non-hydrogen) atoms. The van der Waals surface area contributed by atoms with Gasteiger partial charge < -0.3 is 0 Å². The third-order valence-corrected chi connectivity index (χ3v) is 2.20. The van der Waals surface area contributed by atoms with E-state index in [1.54, 1.807) is 0 Å². The molecular formula is C10H5F3N4. The molecule has 0 amide bonds. The first kappa shape index (κ1) is 11.2. The lowest BCUT2D eigenvalue weighted by molar-refractivity contribution is -0.137. The fraction of sp³-hybridized carbons (Fsp3) is 0.100. The van der Waals surface area contributed by atoms with Gasteiger partial charge in [0.1, 0.15) is 0 Å². The second kappa shape index (κ2) is 3.95. The fourth-order valence-electron chi connectivity index (χ4n) is 1.44. The topological polar surface area (TPSA) is 61.7 Å². The Hall–Kier alpha value is -2.27. The molecule has 0 radical (unpaired) electrons. The van der Waals surface area contributed by atoms with E-state index in [4.69, 9.17) is 5.53 Å². The first-order chi connectivity index (χ1) is 8.02. The van der Waals surface area contributed by atoms with Crippen LogP contribution in [0.3, 0.4) is 0 Å². The molecule has 0 aliphatic rings. The molecule has 0 aliphatic heterocycles. The van der Waals surface area contributed by atoms with Crippen molar-refractivity contribution in [1.82, 2.24) is 4.98 Å². The number of rotatable bonds is 1. The average Bonchev–Trinajstić information content (AvgIpc) is 2.28. The quantitative estimate of drug-likeness (QED) is 0.417. The summed E-state index contributed by atoms with van der Waals surface area (Å²) in [6.07, 6.45) is -3.11. The number of azide groups is 1. The number of aromatic nitrogens is 1. The van der Waals surface area contributed by atoms with Crippen molar-refractivity contribution in [3.05, 3.63) is 46.5 Å². The monoisotopic (exact) mass is 238 g/mol. The summed E-state index contributed by atoms with van der Waals surface area (Å²) < 4.78 is 37.4. The van der Waals surface area contributed by atoms with Crippen LogP contribution in [-0.4, -0.2) is 4.98 Å². The Kier molecular flexibility index (Phi) is 2.61. The first-order valence-corrected chi connectivity index (χ1v) is 4.53. The Morgan fingerprint density at radius 1 is 1.24 bits per heavy atom. The summed E-state index contributed by atoms with van der Waals surface area (Å²) in [6.45, 7) is 0. The maximum atomic E-state index is 12.5. The van der Waals surface area contributed by atoms with Crippen LogP contribution in [0.1, 0.15) is 5.56 Å². The highest BCUT2D eigenvalue weighted by Crippen LogP contribution is 2.33. The molecule has 0 spiro atoms. The van der Waals surface area contributed by atoms with Crippen LogP contribution in [0.15, 0.2) is 35.6 Å². The lowest BCUT2D eigenvalue weighted by atomic mass is 10.1. The van der Waals surface area contributed by atoms with Crippen LogP contribution >= 0.6 is 0 Å². The number of fused-ring (bicyclic) bond motifs is 1. The molecule has 4 nitrogen and oxygen atoms in total. The van der Waals surface area contributed by atoms with Crippen molar-refractivity contribution < 1.29 is 13.2 Å². The predicted molar refractivity (Wildman–Crippen MR) is 55.6 cm³/mol. The molecule has 0 fully saturated rings. The number of alkyl halides is 3. The average molecular weight is 238 g/mol. The zero-order valence-corrected chi connectivity index (χ0v) is 8.31. The number of benzene rings is 1. The smallest absolute Gasteiger partial charge is 0.256 e. The summed E-state index contributed by atoms with van der Waals surface area (Å²) in [6, 6.07) is 4.54. The van der Waals surface area contributed by atoms with Crippen molar-refractivity contribution in [2.24, 2.45) is 5.11 Å². The van der Waals surface area contributed by atoms with Gasteiger partial charge in [-0.3, -0.25) is 4.98 Å². The van der Waals surface area contributed by atoms with Crippen LogP contribution in [-0.2, 0) is 6.18 Å². The Morgan fingerprint density at radius 3 is 2.65 bits per heavy atom. The molecule has 86 valence electrons. The van der Waals surface area contributed by atoms with E-state index < -0.39 is 11.7 Å². The first-order valence-electron chi connectivity index (χ1n) is 4.53. The van der Waals surface area contributed by atoms with Crippen molar-refractivity contribution in [3.63, 3.8) is 0 Å². The van der Waals surface area contributed by atoms with E-state index in [1.165, 1.54) is 18.3 Å². The highest BCUT2D eigenvalue weighted by Gasteiger charge is 2.30. The third kappa shape index (κ3) is 2.14. The molecule has 0 N–H and O–H groups in total. The van der Waals surface area contributed by atoms with E-state index in [0.29, 0.717) is 5.39 Å². The molecule has 1 aromatic carbocycles. The van der Waals surface area contributed by atoms with E-state index in [1.807, 2.05) is 0 Å². The minimum Gasteiger partial charge on any atom is -0.256 e. The Balaban J connectivity index is 2.69. The van der Waals surface area contributed by atoms with E-state index in [2.05, 4.69) is 15.0 Å². The van der Waals surface area contributed by atoms with Crippen molar-refractivity contribution in [3.8, 4) is 0 Å². The molecule has 2 rings (SSSR count). The molecule has 1 heterocycles. The molecule has 0 saturated heterocycles. The molecular weight excluding hydrogens is 233 g/mol. The largest absolute Gasteiger partial charge is 0.416 e. The van der Waals surface area contributed by atoms with Gasteiger partial charge in [0.05, 0.1) is 11.1 Å². The lowest BCUT2D eigenvalue weighted by Crippen LogP contribution is -2.04. The van der Waals surface area contributed by atoms with Gasteiger partial charge in [0.15, 0.2) is 0 Å². The minimum atomic E-state index is -4.41. The summed E-state index contributed by atoms with van der Waals surface area (Å²) >= 11 is 0. The fourth-order valence-corrected chi connectivity index (χ4v) is 1.44. The molecule has 1 aromatic heterocycles. The normalized spacial score (nSPS) is 11.2. The molecule has 7 heteroatoms. The van der Waals surface area contributed by atoms with E-state index in [-0.39, 0.29) is 11.2 Å². The van der Waals surface area contributed by atoms with E-state index in [0.717, 1.165) is 12.1 Å². The highest BCUT2D eigenvalue weighted by molar-refractivity contribution is 5.89. The van der Waals surface area contributed by atoms with Crippen LogP contribution in [0.4, 0.5) is 18.9 Å². The SMILES string of the molecule is [N-]=[N+]=Nc1ccnc2cc(C(F)(F)F)ccc12. The molecule has 0 saturated carbocycles. The van der Waals surface area contributed by atoms with Crippen molar-refractivity contribution in [2.45, 2.75) is 6.18 Å². The van der Waals surface area contributed by atoms with Gasteiger partial charge in [0, 0.05) is 22.2 Å². The summed E-state index contributed by atoms with van der Waals surface area (Å²) in [5.74, 6) is 0. The summed E-state index contributed by atoms with van der Waals surface area (Å²) in [4.78, 5) is 6.42. The van der Waals surface area contributed by atoms with Gasteiger partial charge in [-0.15, -0.1) is 0 Å². The standard InChI is InChI=1S/C10H5F3N4/c11-10(12,13)6-1-2-7-8(16-17-14)3-4-15-9(7)5-6/h1-5H. The summed E-state index contributed by atoms with van der Waals surface area (Å²) in [5, 5.41) is 3.77.